The third kappa shape index (κ3) is 11.7. The highest BCUT2D eigenvalue weighted by Crippen LogP contribution is 2.27. The predicted octanol–water partition coefficient (Wildman–Crippen LogP) is -0.363. The molecule has 2 rings (SSSR count). The number of carbonyl (C=O) groups excluding carboxylic acids is 1. The van der Waals surface area contributed by atoms with Gasteiger partial charge in [0, 0.05) is 39.3 Å². The number of amides is 1. The standard InChI is InChI=1S/C25H36N4O9/c30-21(29-8-6-20(7-9-29)19-4-2-1-3-5-19)14-27(16-23(33)34)12-10-26(15-22(31)32)11-13-28(17-24(35)36)18-25(37)38/h1-5,20H,6-18H2,(H,31,32)(H,33,34)(H,35,36)(H,37,38). The van der Waals surface area contributed by atoms with Gasteiger partial charge in [0.25, 0.3) is 0 Å². The summed E-state index contributed by atoms with van der Waals surface area (Å²) in [4.78, 5) is 63.5. The Bertz CT molecular complexity index is 935. The molecule has 4 N–H and O–H groups in total. The Morgan fingerprint density at radius 3 is 1.47 bits per heavy atom. The Morgan fingerprint density at radius 1 is 0.632 bits per heavy atom. The van der Waals surface area contributed by atoms with E-state index in [2.05, 4.69) is 12.1 Å². The van der Waals surface area contributed by atoms with Crippen molar-refractivity contribution in [3.8, 4) is 0 Å². The predicted molar refractivity (Wildman–Crippen MR) is 135 cm³/mol. The van der Waals surface area contributed by atoms with Crippen molar-refractivity contribution in [1.29, 1.82) is 0 Å². The number of piperidine rings is 1. The Balaban J connectivity index is 1.93. The molecule has 13 heteroatoms. The van der Waals surface area contributed by atoms with E-state index in [-0.39, 0.29) is 38.6 Å². The summed E-state index contributed by atoms with van der Waals surface area (Å²) in [6, 6.07) is 10.1. The molecule has 0 saturated carbocycles. The molecule has 38 heavy (non-hydrogen) atoms. The SMILES string of the molecule is O=C(O)CN(CCN(CC(=O)O)CC(=O)O)CCN(CC(=O)O)CC(=O)N1CCC(c2ccccc2)CC1. The summed E-state index contributed by atoms with van der Waals surface area (Å²) in [7, 11) is 0. The van der Waals surface area contributed by atoms with Gasteiger partial charge in [0.2, 0.25) is 5.91 Å². The highest BCUT2D eigenvalue weighted by molar-refractivity contribution is 5.79. The summed E-state index contributed by atoms with van der Waals surface area (Å²) in [6.07, 6.45) is 1.62. The van der Waals surface area contributed by atoms with Crippen molar-refractivity contribution in [1.82, 2.24) is 19.6 Å². The number of nitrogens with zero attached hydrogens (tertiary/aromatic N) is 4. The molecule has 1 aromatic carbocycles. The molecule has 1 amide bonds. The highest BCUT2D eigenvalue weighted by atomic mass is 16.4. The number of carbonyl (C=O) groups is 5. The molecule has 13 nitrogen and oxygen atoms in total. The molecule has 1 fully saturated rings. The number of hydrogen-bond acceptors (Lipinski definition) is 8. The Morgan fingerprint density at radius 2 is 1.03 bits per heavy atom. The fourth-order valence-corrected chi connectivity index (χ4v) is 4.51. The van der Waals surface area contributed by atoms with E-state index in [9.17, 15) is 34.2 Å². The van der Waals surface area contributed by atoms with Crippen LogP contribution in [0.25, 0.3) is 0 Å². The van der Waals surface area contributed by atoms with Crippen LogP contribution < -0.4 is 0 Å². The van der Waals surface area contributed by atoms with E-state index in [1.54, 1.807) is 4.90 Å². The molecule has 1 heterocycles. The Hall–Kier alpha value is -3.55. The summed E-state index contributed by atoms with van der Waals surface area (Å²) in [5, 5.41) is 36.6. The van der Waals surface area contributed by atoms with Gasteiger partial charge in [0.1, 0.15) is 0 Å². The Kier molecular flexibility index (Phi) is 12.6. The van der Waals surface area contributed by atoms with Gasteiger partial charge >= 0.3 is 23.9 Å². The zero-order chi connectivity index (χ0) is 28.1. The first-order chi connectivity index (χ1) is 18.0. The quantitative estimate of drug-likeness (QED) is 0.203. The molecule has 1 aliphatic heterocycles. The first-order valence-electron chi connectivity index (χ1n) is 12.4. The maximum Gasteiger partial charge on any atom is 0.317 e. The van der Waals surface area contributed by atoms with Gasteiger partial charge in [-0.1, -0.05) is 30.3 Å². The van der Waals surface area contributed by atoms with Gasteiger partial charge in [-0.05, 0) is 24.3 Å². The zero-order valence-electron chi connectivity index (χ0n) is 21.3. The molecule has 0 aliphatic carbocycles. The second kappa shape index (κ2) is 15.6. The van der Waals surface area contributed by atoms with Gasteiger partial charge in [-0.25, -0.2) is 0 Å². The van der Waals surface area contributed by atoms with Crippen LogP contribution in [0.1, 0.15) is 24.3 Å². The van der Waals surface area contributed by atoms with Crippen LogP contribution in [0.15, 0.2) is 30.3 Å². The third-order valence-electron chi connectivity index (χ3n) is 6.38. The van der Waals surface area contributed by atoms with Crippen molar-refractivity contribution in [2.24, 2.45) is 0 Å². The lowest BCUT2D eigenvalue weighted by atomic mass is 9.89. The minimum Gasteiger partial charge on any atom is -0.480 e. The van der Waals surface area contributed by atoms with Crippen LogP contribution in [-0.2, 0) is 24.0 Å². The first-order valence-corrected chi connectivity index (χ1v) is 12.4. The summed E-state index contributed by atoms with van der Waals surface area (Å²) in [5.41, 5.74) is 1.23. The van der Waals surface area contributed by atoms with Crippen molar-refractivity contribution in [2.75, 3.05) is 72.0 Å². The minimum atomic E-state index is -1.21. The largest absolute Gasteiger partial charge is 0.480 e. The van der Waals surface area contributed by atoms with E-state index in [0.717, 1.165) is 17.7 Å². The lowest BCUT2D eigenvalue weighted by Crippen LogP contribution is -2.48. The van der Waals surface area contributed by atoms with Crippen molar-refractivity contribution < 1.29 is 44.4 Å². The maximum absolute atomic E-state index is 12.9. The number of hydrogen-bond donors (Lipinski definition) is 4. The lowest BCUT2D eigenvalue weighted by Gasteiger charge is -2.34. The molecular weight excluding hydrogens is 500 g/mol. The monoisotopic (exact) mass is 536 g/mol. The smallest absolute Gasteiger partial charge is 0.317 e. The van der Waals surface area contributed by atoms with Crippen LogP contribution in [0.4, 0.5) is 0 Å². The number of benzene rings is 1. The van der Waals surface area contributed by atoms with Gasteiger partial charge in [-0.3, -0.25) is 38.7 Å². The molecule has 0 unspecified atom stereocenters. The fraction of sp³-hybridized carbons (Fsp3) is 0.560. The number of carboxylic acid groups (broad SMARTS) is 4. The number of likely N-dealkylation sites (tertiary alicyclic amines) is 1. The molecule has 0 spiro atoms. The fourth-order valence-electron chi connectivity index (χ4n) is 4.51. The second-order valence-corrected chi connectivity index (χ2v) is 9.34. The normalized spacial score (nSPS) is 14.2. The van der Waals surface area contributed by atoms with E-state index in [0.29, 0.717) is 19.0 Å². The lowest BCUT2D eigenvalue weighted by molar-refractivity contribution is -0.143. The van der Waals surface area contributed by atoms with Gasteiger partial charge < -0.3 is 25.3 Å². The van der Waals surface area contributed by atoms with Gasteiger partial charge in [0.15, 0.2) is 0 Å². The Labute approximate surface area is 220 Å². The van der Waals surface area contributed by atoms with Gasteiger partial charge in [0.05, 0.1) is 32.7 Å². The van der Waals surface area contributed by atoms with Crippen LogP contribution in [0.3, 0.4) is 0 Å². The topological polar surface area (TPSA) is 179 Å². The molecule has 0 atom stereocenters. The molecule has 0 radical (unpaired) electrons. The summed E-state index contributed by atoms with van der Waals surface area (Å²) in [5.74, 6) is -4.53. The summed E-state index contributed by atoms with van der Waals surface area (Å²) < 4.78 is 0. The van der Waals surface area contributed by atoms with Crippen LogP contribution >= 0.6 is 0 Å². The van der Waals surface area contributed by atoms with Crippen molar-refractivity contribution in [3.05, 3.63) is 35.9 Å². The molecule has 210 valence electrons. The number of aliphatic carboxylic acids is 4. The molecule has 1 aliphatic rings. The molecule has 1 aromatic rings. The van der Waals surface area contributed by atoms with Crippen LogP contribution in [-0.4, -0.2) is 142 Å². The van der Waals surface area contributed by atoms with E-state index in [1.807, 2.05) is 18.2 Å². The van der Waals surface area contributed by atoms with Gasteiger partial charge in [-0.15, -0.1) is 0 Å². The van der Waals surface area contributed by atoms with E-state index >= 15 is 0 Å². The summed E-state index contributed by atoms with van der Waals surface area (Å²) in [6.45, 7) is -0.640. The van der Waals surface area contributed by atoms with Crippen LogP contribution in [0, 0.1) is 0 Å². The van der Waals surface area contributed by atoms with Crippen LogP contribution in [0.5, 0.6) is 0 Å². The maximum atomic E-state index is 12.9. The van der Waals surface area contributed by atoms with E-state index < -0.39 is 50.1 Å². The first kappa shape index (κ1) is 30.7. The zero-order valence-corrected chi connectivity index (χ0v) is 21.3. The van der Waals surface area contributed by atoms with E-state index in [1.165, 1.54) is 15.4 Å². The number of rotatable bonds is 17. The molecule has 0 bridgehead atoms. The number of carboxylic acids is 4. The summed E-state index contributed by atoms with van der Waals surface area (Å²) >= 11 is 0. The minimum absolute atomic E-state index is 0.0138. The van der Waals surface area contributed by atoms with Crippen molar-refractivity contribution in [2.45, 2.75) is 18.8 Å². The molecular formula is C25H36N4O9. The van der Waals surface area contributed by atoms with Crippen molar-refractivity contribution in [3.63, 3.8) is 0 Å². The third-order valence-corrected chi connectivity index (χ3v) is 6.38. The molecule has 1 saturated heterocycles. The van der Waals surface area contributed by atoms with Gasteiger partial charge in [-0.2, -0.15) is 0 Å². The average Bonchev–Trinajstić information content (AvgIpc) is 2.84. The highest BCUT2D eigenvalue weighted by Gasteiger charge is 2.26. The second-order valence-electron chi connectivity index (χ2n) is 9.34. The van der Waals surface area contributed by atoms with Crippen LogP contribution in [0.2, 0.25) is 0 Å². The molecule has 0 aromatic heterocycles. The van der Waals surface area contributed by atoms with E-state index in [4.69, 9.17) is 10.2 Å². The van der Waals surface area contributed by atoms with Crippen molar-refractivity contribution >= 4 is 29.8 Å². The average molecular weight is 537 g/mol.